The van der Waals surface area contributed by atoms with E-state index in [1.54, 1.807) is 0 Å². The summed E-state index contributed by atoms with van der Waals surface area (Å²) in [5.41, 5.74) is 2.61. The van der Waals surface area contributed by atoms with Gasteiger partial charge in [0.15, 0.2) is 0 Å². The van der Waals surface area contributed by atoms with Crippen molar-refractivity contribution in [3.05, 3.63) is 17.2 Å². The molecule has 2 rings (SSSR count). The van der Waals surface area contributed by atoms with Crippen molar-refractivity contribution >= 4 is 0 Å². The topological polar surface area (TPSA) is 37.9 Å². The van der Waals surface area contributed by atoms with E-state index in [4.69, 9.17) is 4.74 Å². The fourth-order valence-corrected chi connectivity index (χ4v) is 2.57. The summed E-state index contributed by atoms with van der Waals surface area (Å²) in [5, 5.41) is 0. The highest BCUT2D eigenvalue weighted by molar-refractivity contribution is 5.22. The lowest BCUT2D eigenvalue weighted by Crippen LogP contribution is -2.14. The Bertz CT molecular complexity index is 346. The summed E-state index contributed by atoms with van der Waals surface area (Å²) < 4.78 is 5.51. The van der Waals surface area contributed by atoms with Crippen molar-refractivity contribution in [1.82, 2.24) is 9.97 Å². The Morgan fingerprint density at radius 1 is 1.44 bits per heavy atom. The largest absolute Gasteiger partial charge is 0.374 e. The zero-order chi connectivity index (χ0) is 11.5. The van der Waals surface area contributed by atoms with Crippen LogP contribution in [0.15, 0.2) is 0 Å². The third-order valence-corrected chi connectivity index (χ3v) is 3.22. The molecular formula is C13H22N2O. The van der Waals surface area contributed by atoms with Crippen molar-refractivity contribution in [3.8, 4) is 0 Å². The molecule has 1 aromatic heterocycles. The van der Waals surface area contributed by atoms with Crippen molar-refractivity contribution < 1.29 is 4.74 Å². The zero-order valence-electron chi connectivity index (χ0n) is 10.5. The second-order valence-corrected chi connectivity index (χ2v) is 5.05. The number of imidazole rings is 1. The number of nitrogens with zero attached hydrogens (tertiary/aromatic N) is 1. The molecule has 0 fully saturated rings. The fraction of sp³-hybridized carbons (Fsp3) is 0.769. The van der Waals surface area contributed by atoms with E-state index in [1.807, 2.05) is 0 Å². The lowest BCUT2D eigenvalue weighted by molar-refractivity contribution is 0.116. The van der Waals surface area contributed by atoms with E-state index in [1.165, 1.54) is 17.8 Å². The van der Waals surface area contributed by atoms with Gasteiger partial charge in [-0.25, -0.2) is 4.98 Å². The Morgan fingerprint density at radius 2 is 2.25 bits per heavy atom. The number of ether oxygens (including phenoxy) is 1. The first-order valence-electron chi connectivity index (χ1n) is 6.36. The summed E-state index contributed by atoms with van der Waals surface area (Å²) in [6.07, 6.45) is 3.46. The van der Waals surface area contributed by atoms with Crippen LogP contribution in [0.2, 0.25) is 0 Å². The van der Waals surface area contributed by atoms with Crippen LogP contribution in [0, 0.1) is 5.92 Å². The van der Waals surface area contributed by atoms with Crippen molar-refractivity contribution in [3.63, 3.8) is 0 Å². The minimum Gasteiger partial charge on any atom is -0.374 e. The smallest absolute Gasteiger partial charge is 0.132 e. The second kappa shape index (κ2) is 5.00. The number of aromatic amines is 1. The van der Waals surface area contributed by atoms with Gasteiger partial charge in [0.2, 0.25) is 0 Å². The van der Waals surface area contributed by atoms with Gasteiger partial charge in [0.1, 0.15) is 12.4 Å². The SMILES string of the molecule is CCCOCc1nc2c([nH]1)CC(C)CC2C. The minimum atomic E-state index is 0.593. The monoisotopic (exact) mass is 222 g/mol. The first kappa shape index (κ1) is 11.6. The van der Waals surface area contributed by atoms with E-state index in [2.05, 4.69) is 30.7 Å². The molecule has 1 heterocycles. The molecule has 0 bridgehead atoms. The van der Waals surface area contributed by atoms with Crippen LogP contribution >= 0.6 is 0 Å². The highest BCUT2D eigenvalue weighted by Crippen LogP contribution is 2.32. The van der Waals surface area contributed by atoms with Crippen LogP contribution in [-0.2, 0) is 17.8 Å². The van der Waals surface area contributed by atoms with Crippen molar-refractivity contribution in [1.29, 1.82) is 0 Å². The maximum absolute atomic E-state index is 5.51. The summed E-state index contributed by atoms with van der Waals surface area (Å²) in [6.45, 7) is 8.15. The molecule has 2 atom stereocenters. The molecule has 0 radical (unpaired) electrons. The Hall–Kier alpha value is -0.830. The highest BCUT2D eigenvalue weighted by Gasteiger charge is 2.24. The fourth-order valence-electron chi connectivity index (χ4n) is 2.57. The standard InChI is InChI=1S/C13H22N2O/c1-4-5-16-8-12-14-11-7-9(2)6-10(3)13(11)15-12/h9-10H,4-8H2,1-3H3,(H,14,15). The molecule has 2 unspecified atom stereocenters. The van der Waals surface area contributed by atoms with Gasteiger partial charge in [-0.3, -0.25) is 0 Å². The van der Waals surface area contributed by atoms with Crippen LogP contribution in [0.3, 0.4) is 0 Å². The van der Waals surface area contributed by atoms with E-state index in [-0.39, 0.29) is 0 Å². The molecule has 0 spiro atoms. The molecule has 0 amide bonds. The molecule has 16 heavy (non-hydrogen) atoms. The van der Waals surface area contributed by atoms with E-state index < -0.39 is 0 Å². The van der Waals surface area contributed by atoms with Gasteiger partial charge in [-0.2, -0.15) is 0 Å². The predicted molar refractivity (Wildman–Crippen MR) is 64.4 cm³/mol. The summed E-state index contributed by atoms with van der Waals surface area (Å²) >= 11 is 0. The van der Waals surface area contributed by atoms with Gasteiger partial charge in [0.25, 0.3) is 0 Å². The lowest BCUT2D eigenvalue weighted by Gasteiger charge is -2.22. The predicted octanol–water partition coefficient (Wildman–Crippen LogP) is 3.02. The first-order valence-corrected chi connectivity index (χ1v) is 6.36. The van der Waals surface area contributed by atoms with E-state index in [0.717, 1.165) is 31.2 Å². The molecule has 0 aromatic carbocycles. The Balaban J connectivity index is 2.05. The third-order valence-electron chi connectivity index (χ3n) is 3.22. The lowest BCUT2D eigenvalue weighted by atomic mass is 9.84. The Kier molecular flexibility index (Phi) is 3.64. The number of nitrogens with one attached hydrogen (secondary N) is 1. The highest BCUT2D eigenvalue weighted by atomic mass is 16.5. The average molecular weight is 222 g/mol. The van der Waals surface area contributed by atoms with Crippen LogP contribution in [-0.4, -0.2) is 16.6 Å². The van der Waals surface area contributed by atoms with Gasteiger partial charge in [-0.1, -0.05) is 20.8 Å². The Morgan fingerprint density at radius 3 is 3.00 bits per heavy atom. The molecule has 1 aliphatic rings. The van der Waals surface area contributed by atoms with Crippen LogP contribution < -0.4 is 0 Å². The molecular weight excluding hydrogens is 200 g/mol. The van der Waals surface area contributed by atoms with Crippen molar-refractivity contribution in [2.75, 3.05) is 6.61 Å². The van der Waals surface area contributed by atoms with Gasteiger partial charge in [-0.15, -0.1) is 0 Å². The second-order valence-electron chi connectivity index (χ2n) is 5.05. The summed E-state index contributed by atoms with van der Waals surface area (Å²) in [4.78, 5) is 8.07. The number of H-pyrrole nitrogens is 1. The first-order chi connectivity index (χ1) is 7.70. The van der Waals surface area contributed by atoms with Crippen LogP contribution in [0.25, 0.3) is 0 Å². The van der Waals surface area contributed by atoms with Gasteiger partial charge in [0.05, 0.1) is 5.69 Å². The number of aromatic nitrogens is 2. The molecule has 0 aliphatic heterocycles. The molecule has 1 N–H and O–H groups in total. The molecule has 1 aromatic rings. The molecule has 90 valence electrons. The van der Waals surface area contributed by atoms with Crippen molar-refractivity contribution in [2.45, 2.75) is 52.6 Å². The van der Waals surface area contributed by atoms with E-state index in [9.17, 15) is 0 Å². The molecule has 1 aliphatic carbocycles. The molecule has 3 heteroatoms. The van der Waals surface area contributed by atoms with Crippen LogP contribution in [0.5, 0.6) is 0 Å². The van der Waals surface area contributed by atoms with Crippen LogP contribution in [0.4, 0.5) is 0 Å². The average Bonchev–Trinajstić information content (AvgIpc) is 2.61. The maximum Gasteiger partial charge on any atom is 0.132 e. The minimum absolute atomic E-state index is 0.593. The van der Waals surface area contributed by atoms with Gasteiger partial charge in [0, 0.05) is 18.2 Å². The van der Waals surface area contributed by atoms with Gasteiger partial charge < -0.3 is 9.72 Å². The van der Waals surface area contributed by atoms with Gasteiger partial charge >= 0.3 is 0 Å². The molecule has 0 saturated heterocycles. The van der Waals surface area contributed by atoms with E-state index >= 15 is 0 Å². The normalized spacial score (nSPS) is 24.4. The zero-order valence-corrected chi connectivity index (χ0v) is 10.5. The summed E-state index contributed by atoms with van der Waals surface area (Å²) in [6, 6.07) is 0. The molecule has 3 nitrogen and oxygen atoms in total. The quantitative estimate of drug-likeness (QED) is 0.795. The molecule has 0 saturated carbocycles. The van der Waals surface area contributed by atoms with Gasteiger partial charge in [-0.05, 0) is 25.2 Å². The van der Waals surface area contributed by atoms with Crippen LogP contribution in [0.1, 0.15) is 56.7 Å². The van der Waals surface area contributed by atoms with E-state index in [0.29, 0.717) is 12.5 Å². The summed E-state index contributed by atoms with van der Waals surface area (Å²) in [5.74, 6) is 2.36. The Labute approximate surface area is 97.6 Å². The number of fused-ring (bicyclic) bond motifs is 1. The third kappa shape index (κ3) is 2.46. The number of hydrogen-bond donors (Lipinski definition) is 1. The van der Waals surface area contributed by atoms with Crippen molar-refractivity contribution in [2.24, 2.45) is 5.92 Å². The number of rotatable bonds is 4. The summed E-state index contributed by atoms with van der Waals surface area (Å²) in [7, 11) is 0. The number of hydrogen-bond acceptors (Lipinski definition) is 2. The maximum atomic E-state index is 5.51.